The third-order valence-corrected chi connectivity index (χ3v) is 4.08. The highest BCUT2D eigenvalue weighted by Gasteiger charge is 2.14. The molecule has 0 spiro atoms. The lowest BCUT2D eigenvalue weighted by Gasteiger charge is -2.02. The first kappa shape index (κ1) is 14.9. The number of aromatic nitrogens is 1. The van der Waals surface area contributed by atoms with E-state index >= 15 is 0 Å². The molecule has 0 aliphatic rings. The van der Waals surface area contributed by atoms with Crippen molar-refractivity contribution in [1.82, 2.24) is 4.98 Å². The fourth-order valence-corrected chi connectivity index (χ4v) is 2.78. The number of carbonyl (C=O) groups is 1. The molecule has 0 N–H and O–H groups in total. The number of ether oxygens (including phenoxy) is 1. The molecule has 5 heteroatoms. The number of hydrogen-bond acceptors (Lipinski definition) is 5. The van der Waals surface area contributed by atoms with E-state index in [2.05, 4.69) is 4.98 Å². The van der Waals surface area contributed by atoms with Gasteiger partial charge in [0.25, 0.3) is 0 Å². The fourth-order valence-electron chi connectivity index (χ4n) is 1.98. The number of aryl methyl sites for hydroxylation is 1. The minimum Gasteiger partial charge on any atom is -0.422 e. The molecule has 0 saturated carbocycles. The van der Waals surface area contributed by atoms with Gasteiger partial charge in [-0.25, -0.2) is 9.78 Å². The molecule has 0 radical (unpaired) electrons. The minimum absolute atomic E-state index is 0.257. The molecule has 4 nitrogen and oxygen atoms in total. The zero-order valence-corrected chi connectivity index (χ0v) is 13.1. The van der Waals surface area contributed by atoms with E-state index in [1.54, 1.807) is 23.6 Å². The molecule has 23 heavy (non-hydrogen) atoms. The highest BCUT2D eigenvalue weighted by molar-refractivity contribution is 7.13. The molecule has 2 aromatic carbocycles. The Kier molecular flexibility index (Phi) is 4.18. The van der Waals surface area contributed by atoms with Gasteiger partial charge in [-0.05, 0) is 25.1 Å². The first-order valence-electron chi connectivity index (χ1n) is 6.90. The Morgan fingerprint density at radius 2 is 2.00 bits per heavy atom. The molecule has 0 unspecified atom stereocenters. The van der Waals surface area contributed by atoms with Crippen molar-refractivity contribution in [3.8, 4) is 22.4 Å². The third kappa shape index (κ3) is 3.44. The molecule has 0 aliphatic heterocycles. The summed E-state index contributed by atoms with van der Waals surface area (Å²) in [5.74, 6) is -0.200. The van der Waals surface area contributed by atoms with Crippen LogP contribution in [0.1, 0.15) is 21.6 Å². The zero-order chi connectivity index (χ0) is 16.2. The molecule has 0 amide bonds. The second-order valence-electron chi connectivity index (χ2n) is 4.93. The largest absolute Gasteiger partial charge is 0.422 e. The summed E-state index contributed by atoms with van der Waals surface area (Å²) >= 11 is 1.39. The monoisotopic (exact) mass is 320 g/mol. The Morgan fingerprint density at radius 3 is 2.74 bits per heavy atom. The van der Waals surface area contributed by atoms with Crippen LogP contribution in [0, 0.1) is 18.3 Å². The molecule has 112 valence electrons. The topological polar surface area (TPSA) is 63.0 Å². The van der Waals surface area contributed by atoms with Crippen molar-refractivity contribution in [1.29, 1.82) is 5.26 Å². The molecule has 0 fully saturated rings. The molecule has 1 aromatic heterocycles. The average Bonchev–Trinajstić information content (AvgIpc) is 3.06. The van der Waals surface area contributed by atoms with Crippen molar-refractivity contribution < 1.29 is 9.53 Å². The van der Waals surface area contributed by atoms with E-state index in [9.17, 15) is 4.79 Å². The van der Waals surface area contributed by atoms with Gasteiger partial charge in [-0.1, -0.05) is 35.9 Å². The Labute approximate surface area is 137 Å². The Bertz CT molecular complexity index is 892. The highest BCUT2D eigenvalue weighted by Crippen LogP contribution is 2.24. The zero-order valence-electron chi connectivity index (χ0n) is 12.3. The first-order valence-corrected chi connectivity index (χ1v) is 7.78. The molecule has 0 atom stereocenters. The number of esters is 1. The second kappa shape index (κ2) is 6.42. The third-order valence-electron chi connectivity index (χ3n) is 3.19. The van der Waals surface area contributed by atoms with Gasteiger partial charge in [0, 0.05) is 10.9 Å². The Morgan fingerprint density at radius 1 is 1.22 bits per heavy atom. The Balaban J connectivity index is 1.78. The highest BCUT2D eigenvalue weighted by atomic mass is 32.1. The van der Waals surface area contributed by atoms with Crippen LogP contribution in [0.4, 0.5) is 0 Å². The van der Waals surface area contributed by atoms with Crippen LogP contribution in [0.3, 0.4) is 0 Å². The maximum Gasteiger partial charge on any atom is 0.363 e. The number of carbonyl (C=O) groups excluding carboxylic acids is 1. The van der Waals surface area contributed by atoms with Crippen molar-refractivity contribution in [2.45, 2.75) is 6.92 Å². The van der Waals surface area contributed by atoms with Crippen LogP contribution < -0.4 is 4.74 Å². The normalized spacial score (nSPS) is 10.1. The van der Waals surface area contributed by atoms with Crippen LogP contribution in [-0.2, 0) is 0 Å². The van der Waals surface area contributed by atoms with Crippen LogP contribution in [0.5, 0.6) is 5.75 Å². The smallest absolute Gasteiger partial charge is 0.363 e. The van der Waals surface area contributed by atoms with Crippen molar-refractivity contribution in [2.24, 2.45) is 0 Å². The van der Waals surface area contributed by atoms with Gasteiger partial charge in [0.15, 0.2) is 5.69 Å². The lowest BCUT2D eigenvalue weighted by molar-refractivity contribution is 0.0729. The molecule has 0 saturated heterocycles. The molecule has 3 rings (SSSR count). The molecule has 3 aromatic rings. The van der Waals surface area contributed by atoms with Gasteiger partial charge >= 0.3 is 5.97 Å². The van der Waals surface area contributed by atoms with E-state index in [-0.39, 0.29) is 5.69 Å². The summed E-state index contributed by atoms with van der Waals surface area (Å²) < 4.78 is 5.27. The number of hydrogen-bond donors (Lipinski definition) is 0. The number of nitrogens with zero attached hydrogens (tertiary/aromatic N) is 2. The van der Waals surface area contributed by atoms with Crippen molar-refractivity contribution in [2.75, 3.05) is 0 Å². The van der Waals surface area contributed by atoms with Crippen LogP contribution in [0.2, 0.25) is 0 Å². The molecule has 0 bridgehead atoms. The summed E-state index contributed by atoms with van der Waals surface area (Å²) in [7, 11) is 0. The number of nitriles is 1. The van der Waals surface area contributed by atoms with Gasteiger partial charge in [0.05, 0.1) is 11.6 Å². The number of thiazole rings is 1. The quantitative estimate of drug-likeness (QED) is 0.536. The number of rotatable bonds is 3. The van der Waals surface area contributed by atoms with Gasteiger partial charge in [-0.3, -0.25) is 0 Å². The van der Waals surface area contributed by atoms with Crippen LogP contribution in [0.25, 0.3) is 10.6 Å². The standard InChI is InChI=1S/C18H12N2O2S/c1-12-5-7-14(8-6-12)17-20-16(11-23-17)18(21)22-15-4-2-3-13(9-15)10-19/h2-9,11H,1H3. The van der Waals surface area contributed by atoms with Gasteiger partial charge in [-0.15, -0.1) is 11.3 Å². The van der Waals surface area contributed by atoms with E-state index in [0.29, 0.717) is 11.3 Å². The van der Waals surface area contributed by atoms with E-state index in [1.807, 2.05) is 37.3 Å². The van der Waals surface area contributed by atoms with Gasteiger partial charge in [0.2, 0.25) is 0 Å². The summed E-state index contributed by atoms with van der Waals surface area (Å²) in [6.07, 6.45) is 0. The van der Waals surface area contributed by atoms with Crippen molar-refractivity contribution >= 4 is 17.3 Å². The summed E-state index contributed by atoms with van der Waals surface area (Å²) in [4.78, 5) is 16.5. The fraction of sp³-hybridized carbons (Fsp3) is 0.0556. The van der Waals surface area contributed by atoms with E-state index in [0.717, 1.165) is 10.6 Å². The second-order valence-corrected chi connectivity index (χ2v) is 5.79. The van der Waals surface area contributed by atoms with E-state index < -0.39 is 5.97 Å². The summed E-state index contributed by atoms with van der Waals surface area (Å²) in [6, 6.07) is 16.4. The molecule has 1 heterocycles. The predicted molar refractivity (Wildman–Crippen MR) is 88.4 cm³/mol. The predicted octanol–water partition coefficient (Wildman–Crippen LogP) is 4.21. The van der Waals surface area contributed by atoms with Crippen molar-refractivity contribution in [3.05, 3.63) is 70.7 Å². The SMILES string of the molecule is Cc1ccc(-c2nc(C(=O)Oc3cccc(C#N)c3)cs2)cc1. The van der Waals surface area contributed by atoms with Gasteiger partial charge in [-0.2, -0.15) is 5.26 Å². The summed E-state index contributed by atoms with van der Waals surface area (Å²) in [5.41, 5.74) is 2.83. The van der Waals surface area contributed by atoms with E-state index in [4.69, 9.17) is 10.00 Å². The minimum atomic E-state index is -0.533. The van der Waals surface area contributed by atoms with Gasteiger partial charge in [0.1, 0.15) is 10.8 Å². The lowest BCUT2D eigenvalue weighted by atomic mass is 10.2. The van der Waals surface area contributed by atoms with E-state index in [1.165, 1.54) is 23.0 Å². The lowest BCUT2D eigenvalue weighted by Crippen LogP contribution is -2.08. The molecular formula is C18H12N2O2S. The summed E-state index contributed by atoms with van der Waals surface area (Å²) in [6.45, 7) is 2.02. The van der Waals surface area contributed by atoms with Crippen LogP contribution >= 0.6 is 11.3 Å². The summed E-state index contributed by atoms with van der Waals surface area (Å²) in [5, 5.41) is 11.3. The average molecular weight is 320 g/mol. The first-order chi connectivity index (χ1) is 11.2. The van der Waals surface area contributed by atoms with Crippen LogP contribution in [-0.4, -0.2) is 11.0 Å². The molecular weight excluding hydrogens is 308 g/mol. The maximum atomic E-state index is 12.2. The Hall–Kier alpha value is -2.97. The number of benzene rings is 2. The van der Waals surface area contributed by atoms with Gasteiger partial charge < -0.3 is 4.74 Å². The van der Waals surface area contributed by atoms with Crippen molar-refractivity contribution in [3.63, 3.8) is 0 Å². The maximum absolute atomic E-state index is 12.2. The molecule has 0 aliphatic carbocycles. The van der Waals surface area contributed by atoms with Crippen LogP contribution in [0.15, 0.2) is 53.9 Å².